The minimum atomic E-state index is -0.706. The fourth-order valence-electron chi connectivity index (χ4n) is 3.42. The van der Waals surface area contributed by atoms with Gasteiger partial charge in [0.25, 0.3) is 0 Å². The van der Waals surface area contributed by atoms with Crippen LogP contribution in [0.25, 0.3) is 0 Å². The van der Waals surface area contributed by atoms with Gasteiger partial charge in [0.2, 0.25) is 0 Å². The summed E-state index contributed by atoms with van der Waals surface area (Å²) in [6.07, 6.45) is 0. The minimum Gasteiger partial charge on any atom is -0.497 e. The lowest BCUT2D eigenvalue weighted by atomic mass is 9.94. The summed E-state index contributed by atoms with van der Waals surface area (Å²) in [5, 5.41) is 3.44. The van der Waals surface area contributed by atoms with E-state index < -0.39 is 12.0 Å². The third-order valence-electron chi connectivity index (χ3n) is 4.85. The molecule has 31 heavy (non-hydrogen) atoms. The number of esters is 1. The van der Waals surface area contributed by atoms with Crippen molar-refractivity contribution in [3.8, 4) is 11.5 Å². The van der Waals surface area contributed by atoms with Crippen LogP contribution in [0.1, 0.15) is 25.5 Å². The van der Waals surface area contributed by atoms with Gasteiger partial charge in [-0.2, -0.15) is 0 Å². The lowest BCUT2D eigenvalue weighted by Gasteiger charge is -2.36. The number of halogens is 1. The van der Waals surface area contributed by atoms with Gasteiger partial charge < -0.3 is 19.5 Å². The Balaban J connectivity index is 2.08. The summed E-state index contributed by atoms with van der Waals surface area (Å²) in [6, 6.07) is 13.1. The predicted molar refractivity (Wildman–Crippen MR) is 117 cm³/mol. The first kappa shape index (κ1) is 22.5. The van der Waals surface area contributed by atoms with Crippen LogP contribution in [0.4, 0.5) is 4.79 Å². The van der Waals surface area contributed by atoms with Crippen LogP contribution in [0.5, 0.6) is 11.5 Å². The van der Waals surface area contributed by atoms with Crippen molar-refractivity contribution in [2.24, 2.45) is 0 Å². The maximum absolute atomic E-state index is 13.0. The first-order valence-corrected chi connectivity index (χ1v) is 10.4. The monoisotopic (exact) mass is 444 g/mol. The van der Waals surface area contributed by atoms with Crippen LogP contribution in [0.3, 0.4) is 0 Å². The van der Waals surface area contributed by atoms with Crippen LogP contribution in [0.2, 0.25) is 5.02 Å². The fraction of sp³-hybridized carbons (Fsp3) is 0.304. The lowest BCUT2D eigenvalue weighted by Crippen LogP contribution is -2.49. The van der Waals surface area contributed by atoms with Crippen LogP contribution in [-0.4, -0.2) is 43.8 Å². The summed E-state index contributed by atoms with van der Waals surface area (Å²) in [7, 11) is 1.56. The first-order chi connectivity index (χ1) is 15.0. The van der Waals surface area contributed by atoms with Crippen LogP contribution in [0, 0.1) is 0 Å². The van der Waals surface area contributed by atoms with Gasteiger partial charge >= 0.3 is 12.0 Å². The first-order valence-electron chi connectivity index (χ1n) is 9.99. The number of urea groups is 1. The number of carbonyl (C=O) groups is 2. The molecule has 1 heterocycles. The van der Waals surface area contributed by atoms with Crippen molar-refractivity contribution in [1.82, 2.24) is 10.2 Å². The van der Waals surface area contributed by atoms with Gasteiger partial charge in [-0.05, 0) is 49.7 Å². The molecule has 2 aromatic carbocycles. The van der Waals surface area contributed by atoms with E-state index in [1.807, 2.05) is 13.0 Å². The topological polar surface area (TPSA) is 77.1 Å². The third-order valence-corrected chi connectivity index (χ3v) is 5.08. The van der Waals surface area contributed by atoms with Crippen molar-refractivity contribution in [1.29, 1.82) is 0 Å². The van der Waals surface area contributed by atoms with Crippen molar-refractivity contribution in [2.75, 3.05) is 26.9 Å². The average molecular weight is 445 g/mol. The molecule has 7 nitrogen and oxygen atoms in total. The van der Waals surface area contributed by atoms with Crippen molar-refractivity contribution in [3.05, 3.63) is 70.4 Å². The minimum absolute atomic E-state index is 0.00375. The highest BCUT2D eigenvalue weighted by Crippen LogP contribution is 2.33. The smallest absolute Gasteiger partial charge is 0.338 e. The number of amides is 2. The van der Waals surface area contributed by atoms with E-state index >= 15 is 0 Å². The van der Waals surface area contributed by atoms with Crippen LogP contribution in [-0.2, 0) is 9.53 Å². The zero-order valence-corrected chi connectivity index (χ0v) is 18.4. The van der Waals surface area contributed by atoms with Gasteiger partial charge in [-0.1, -0.05) is 29.8 Å². The predicted octanol–water partition coefficient (Wildman–Crippen LogP) is 4.33. The number of methoxy groups -OCH3 is 1. The molecule has 1 N–H and O–H groups in total. The maximum Gasteiger partial charge on any atom is 0.338 e. The summed E-state index contributed by atoms with van der Waals surface area (Å²) in [4.78, 5) is 27.4. The highest BCUT2D eigenvalue weighted by molar-refractivity contribution is 6.30. The van der Waals surface area contributed by atoms with E-state index in [4.69, 9.17) is 25.8 Å². The SMILES string of the molecule is CCOC(=O)C1=C(COc2cccc(Cl)c2)N(CC)C(=O)N[C@@H]1c1cccc(OC)c1. The van der Waals surface area contributed by atoms with Crippen molar-refractivity contribution in [2.45, 2.75) is 19.9 Å². The molecule has 0 aromatic heterocycles. The van der Waals surface area contributed by atoms with Gasteiger partial charge in [0.05, 0.1) is 31.0 Å². The van der Waals surface area contributed by atoms with Gasteiger partial charge in [0.15, 0.2) is 0 Å². The van der Waals surface area contributed by atoms with E-state index in [0.29, 0.717) is 39.9 Å². The average Bonchev–Trinajstić information content (AvgIpc) is 2.77. The Bertz CT molecular complexity index is 991. The number of rotatable bonds is 8. The number of likely N-dealkylation sites (N-methyl/N-ethyl adjacent to an activating group) is 1. The molecule has 164 valence electrons. The molecule has 0 radical (unpaired) electrons. The molecule has 2 amide bonds. The van der Waals surface area contributed by atoms with Crippen LogP contribution >= 0.6 is 11.6 Å². The largest absolute Gasteiger partial charge is 0.497 e. The van der Waals surface area contributed by atoms with Gasteiger partial charge in [-0.25, -0.2) is 9.59 Å². The molecule has 0 unspecified atom stereocenters. The number of carbonyl (C=O) groups excluding carboxylic acids is 2. The second kappa shape index (κ2) is 10.2. The molecule has 0 bridgehead atoms. The van der Waals surface area contributed by atoms with Gasteiger partial charge in [-0.15, -0.1) is 0 Å². The molecule has 1 atom stereocenters. The van der Waals surface area contributed by atoms with Gasteiger partial charge in [-0.3, -0.25) is 4.90 Å². The Labute approximate surface area is 186 Å². The highest BCUT2D eigenvalue weighted by atomic mass is 35.5. The molecule has 0 aliphatic carbocycles. The van der Waals surface area contributed by atoms with Gasteiger partial charge in [0.1, 0.15) is 18.1 Å². The van der Waals surface area contributed by atoms with E-state index in [-0.39, 0.29) is 19.2 Å². The second-order valence-electron chi connectivity index (χ2n) is 6.73. The normalized spacial score (nSPS) is 16.1. The number of nitrogens with one attached hydrogen (secondary N) is 1. The van der Waals surface area contributed by atoms with E-state index in [1.54, 1.807) is 56.5 Å². The third kappa shape index (κ3) is 5.11. The number of hydrogen-bond acceptors (Lipinski definition) is 5. The molecular formula is C23H25ClN2O5. The zero-order chi connectivity index (χ0) is 22.4. The molecule has 2 aromatic rings. The Morgan fingerprint density at radius 1 is 1.13 bits per heavy atom. The Kier molecular flexibility index (Phi) is 7.41. The van der Waals surface area contributed by atoms with Gasteiger partial charge in [0, 0.05) is 11.6 Å². The van der Waals surface area contributed by atoms with Crippen molar-refractivity contribution < 1.29 is 23.8 Å². The Hall–Kier alpha value is -3.19. The summed E-state index contributed by atoms with van der Waals surface area (Å²) in [5.41, 5.74) is 1.46. The Morgan fingerprint density at radius 3 is 2.55 bits per heavy atom. The van der Waals surface area contributed by atoms with E-state index in [9.17, 15) is 9.59 Å². The molecule has 1 aliphatic rings. The summed E-state index contributed by atoms with van der Waals surface area (Å²) in [5.74, 6) is 0.631. The van der Waals surface area contributed by atoms with E-state index in [1.165, 1.54) is 4.90 Å². The molecule has 0 saturated heterocycles. The summed E-state index contributed by atoms with van der Waals surface area (Å²) < 4.78 is 16.5. The number of hydrogen-bond donors (Lipinski definition) is 1. The number of benzene rings is 2. The number of nitrogens with zero attached hydrogens (tertiary/aromatic N) is 1. The molecule has 8 heteroatoms. The van der Waals surface area contributed by atoms with Crippen LogP contribution in [0.15, 0.2) is 59.8 Å². The number of ether oxygens (including phenoxy) is 3. The second-order valence-corrected chi connectivity index (χ2v) is 7.17. The van der Waals surface area contributed by atoms with Crippen LogP contribution < -0.4 is 14.8 Å². The molecular weight excluding hydrogens is 420 g/mol. The zero-order valence-electron chi connectivity index (χ0n) is 17.7. The molecule has 0 spiro atoms. The molecule has 1 aliphatic heterocycles. The highest BCUT2D eigenvalue weighted by Gasteiger charge is 2.38. The summed E-state index contributed by atoms with van der Waals surface area (Å²) in [6.45, 7) is 4.12. The maximum atomic E-state index is 13.0. The quantitative estimate of drug-likeness (QED) is 0.613. The molecule has 0 saturated carbocycles. The summed E-state index contributed by atoms with van der Waals surface area (Å²) >= 11 is 6.05. The van der Waals surface area contributed by atoms with E-state index in [2.05, 4.69) is 5.32 Å². The van der Waals surface area contributed by atoms with Crippen molar-refractivity contribution >= 4 is 23.6 Å². The molecule has 0 fully saturated rings. The Morgan fingerprint density at radius 2 is 1.87 bits per heavy atom. The molecule has 3 rings (SSSR count). The lowest BCUT2D eigenvalue weighted by molar-refractivity contribution is -0.139. The fourth-order valence-corrected chi connectivity index (χ4v) is 3.60. The van der Waals surface area contributed by atoms with Crippen molar-refractivity contribution in [3.63, 3.8) is 0 Å². The van der Waals surface area contributed by atoms with E-state index in [0.717, 1.165) is 0 Å². The standard InChI is InChI=1S/C23H25ClN2O5/c1-4-26-19(14-31-18-11-7-9-16(24)13-18)20(22(27)30-5-2)21(25-23(26)28)15-8-6-10-17(12-15)29-3/h6-13,21H,4-5,14H2,1-3H3,(H,25,28)/t21-/m1/s1.